The van der Waals surface area contributed by atoms with Crippen LogP contribution in [-0.2, 0) is 4.79 Å². The van der Waals surface area contributed by atoms with Gasteiger partial charge in [-0.2, -0.15) is 0 Å². The first-order valence-electron chi connectivity index (χ1n) is 8.12. The molecule has 1 aromatic heterocycles. The van der Waals surface area contributed by atoms with E-state index < -0.39 is 5.92 Å². The summed E-state index contributed by atoms with van der Waals surface area (Å²) in [6.45, 7) is 4.07. The molecule has 2 aliphatic rings. The van der Waals surface area contributed by atoms with E-state index in [4.69, 9.17) is 0 Å². The number of fused-ring (bicyclic) bond motifs is 1. The fraction of sp³-hybridized carbons (Fsp3) is 0.333. The van der Waals surface area contributed by atoms with Gasteiger partial charge in [0.2, 0.25) is 0 Å². The van der Waals surface area contributed by atoms with Crippen LogP contribution in [0.2, 0.25) is 0 Å². The number of ketones is 1. The molecule has 0 fully saturated rings. The molecule has 2 heterocycles. The van der Waals surface area contributed by atoms with Gasteiger partial charge in [-0.05, 0) is 29.5 Å². The van der Waals surface area contributed by atoms with E-state index in [0.717, 1.165) is 5.70 Å². The fourth-order valence-corrected chi connectivity index (χ4v) is 3.87. The highest BCUT2D eigenvalue weighted by molar-refractivity contribution is 6.01. The third-order valence-electron chi connectivity index (χ3n) is 4.92. The second-order valence-corrected chi connectivity index (χ2v) is 7.51. The van der Waals surface area contributed by atoms with Crippen molar-refractivity contribution in [3.63, 3.8) is 0 Å². The van der Waals surface area contributed by atoms with Crippen molar-refractivity contribution in [1.29, 1.82) is 0 Å². The number of aromatic nitrogens is 2. The van der Waals surface area contributed by atoms with Crippen LogP contribution in [0, 0.1) is 5.41 Å². The monoisotopic (exact) mass is 341 g/mol. The van der Waals surface area contributed by atoms with Crippen LogP contribution in [0.15, 0.2) is 34.3 Å². The number of hydrogen-bond donors (Lipinski definition) is 5. The Morgan fingerprint density at radius 2 is 1.84 bits per heavy atom. The van der Waals surface area contributed by atoms with Crippen LogP contribution >= 0.6 is 0 Å². The molecular weight excluding hydrogens is 322 g/mol. The number of hydrogen-bond acceptors (Lipinski definition) is 5. The van der Waals surface area contributed by atoms with Gasteiger partial charge in [0.15, 0.2) is 17.3 Å². The summed E-state index contributed by atoms with van der Waals surface area (Å²) in [6, 6.07) is 4.39. The van der Waals surface area contributed by atoms with Gasteiger partial charge in [-0.25, -0.2) is 0 Å². The van der Waals surface area contributed by atoms with Gasteiger partial charge in [-0.1, -0.05) is 19.9 Å². The molecule has 0 radical (unpaired) electrons. The third kappa shape index (κ3) is 2.34. The number of nitrogens with one attached hydrogen (secondary N) is 3. The average Bonchev–Trinajstić information content (AvgIpc) is 2.88. The fourth-order valence-electron chi connectivity index (χ4n) is 3.87. The van der Waals surface area contributed by atoms with Gasteiger partial charge in [-0.15, -0.1) is 0 Å². The first-order chi connectivity index (χ1) is 11.8. The van der Waals surface area contributed by atoms with Gasteiger partial charge in [0.1, 0.15) is 5.82 Å². The summed E-state index contributed by atoms with van der Waals surface area (Å²) in [7, 11) is 0. The number of H-pyrrole nitrogens is 2. The standard InChI is InChI=1S/C18H19N3O4/c1-18(2)6-9-14(12(24)7-18)13(8-3-4-10(22)11(23)5-8)15-16(19-9)20-21-17(15)25/h3-5,13,22-23H,6-7H2,1-2H3,(H3,19,20,21,25)/t13-/m0/s1. The maximum absolute atomic E-state index is 12.9. The molecule has 0 saturated carbocycles. The maximum atomic E-state index is 12.9. The second kappa shape index (κ2) is 5.02. The number of carbonyl (C=O) groups is 1. The molecule has 2 aromatic rings. The van der Waals surface area contributed by atoms with E-state index in [1.54, 1.807) is 6.07 Å². The maximum Gasteiger partial charge on any atom is 0.270 e. The lowest BCUT2D eigenvalue weighted by molar-refractivity contribution is -0.118. The summed E-state index contributed by atoms with van der Waals surface area (Å²) in [4.78, 5) is 25.2. The van der Waals surface area contributed by atoms with E-state index in [0.29, 0.717) is 35.4 Å². The van der Waals surface area contributed by atoms with Crippen LogP contribution in [0.3, 0.4) is 0 Å². The Morgan fingerprint density at radius 1 is 1.08 bits per heavy atom. The number of carbonyl (C=O) groups excluding carboxylic acids is 1. The van der Waals surface area contributed by atoms with Crippen molar-refractivity contribution < 1.29 is 15.0 Å². The molecule has 0 spiro atoms. The summed E-state index contributed by atoms with van der Waals surface area (Å²) in [5.74, 6) is -0.591. The largest absolute Gasteiger partial charge is 0.504 e. The van der Waals surface area contributed by atoms with Crippen LogP contribution in [0.25, 0.3) is 0 Å². The van der Waals surface area contributed by atoms with Gasteiger partial charge >= 0.3 is 0 Å². The van der Waals surface area contributed by atoms with Crippen LogP contribution in [0.4, 0.5) is 5.82 Å². The van der Waals surface area contributed by atoms with Crippen molar-refractivity contribution in [2.75, 3.05) is 5.32 Å². The molecule has 130 valence electrons. The van der Waals surface area contributed by atoms with E-state index in [2.05, 4.69) is 15.5 Å². The van der Waals surface area contributed by atoms with E-state index >= 15 is 0 Å². The van der Waals surface area contributed by atoms with Crippen LogP contribution in [0.5, 0.6) is 11.5 Å². The normalized spacial score (nSPS) is 21.5. The molecule has 1 atom stereocenters. The zero-order valence-corrected chi connectivity index (χ0v) is 13.9. The summed E-state index contributed by atoms with van der Waals surface area (Å²) < 4.78 is 0. The Hall–Kier alpha value is -2.96. The zero-order chi connectivity index (χ0) is 17.9. The van der Waals surface area contributed by atoms with Gasteiger partial charge in [-0.3, -0.25) is 19.8 Å². The first-order valence-corrected chi connectivity index (χ1v) is 8.12. The topological polar surface area (TPSA) is 118 Å². The third-order valence-corrected chi connectivity index (χ3v) is 4.92. The lowest BCUT2D eigenvalue weighted by atomic mass is 9.69. The van der Waals surface area contributed by atoms with Crippen LogP contribution in [-0.4, -0.2) is 26.2 Å². The molecule has 7 nitrogen and oxygen atoms in total. The Kier molecular flexibility index (Phi) is 3.12. The Morgan fingerprint density at radius 3 is 2.56 bits per heavy atom. The van der Waals surface area contributed by atoms with Crippen LogP contribution < -0.4 is 10.9 Å². The van der Waals surface area contributed by atoms with Crippen molar-refractivity contribution in [3.05, 3.63) is 50.9 Å². The summed E-state index contributed by atoms with van der Waals surface area (Å²) in [5.41, 5.74) is 1.87. The number of phenols is 2. The SMILES string of the molecule is CC1(C)CC(=O)C2=C(C1)Nc1[nH][nH]c(=O)c1[C@H]2c1ccc(O)c(O)c1. The smallest absolute Gasteiger partial charge is 0.270 e. The molecule has 4 rings (SSSR count). The van der Waals surface area contributed by atoms with Crippen molar-refractivity contribution in [1.82, 2.24) is 10.2 Å². The highest BCUT2D eigenvalue weighted by Crippen LogP contribution is 2.48. The van der Waals surface area contributed by atoms with Gasteiger partial charge in [0.25, 0.3) is 5.56 Å². The molecule has 1 aliphatic carbocycles. The predicted octanol–water partition coefficient (Wildman–Crippen LogP) is 2.31. The minimum atomic E-state index is -0.587. The predicted molar refractivity (Wildman–Crippen MR) is 91.7 cm³/mol. The Balaban J connectivity index is 1.96. The Bertz CT molecular complexity index is 980. The highest BCUT2D eigenvalue weighted by Gasteiger charge is 2.42. The number of rotatable bonds is 1. The summed E-state index contributed by atoms with van der Waals surface area (Å²) in [5, 5.41) is 28.0. The first kappa shape index (κ1) is 15.6. The lowest BCUT2D eigenvalue weighted by Crippen LogP contribution is -2.34. The molecule has 25 heavy (non-hydrogen) atoms. The minimum absolute atomic E-state index is 0.0115. The highest BCUT2D eigenvalue weighted by atomic mass is 16.3. The average molecular weight is 341 g/mol. The number of anilines is 1. The van der Waals surface area contributed by atoms with Crippen molar-refractivity contribution in [3.8, 4) is 11.5 Å². The van der Waals surface area contributed by atoms with Gasteiger partial charge in [0.05, 0.1) is 5.56 Å². The van der Waals surface area contributed by atoms with Crippen molar-refractivity contribution in [2.45, 2.75) is 32.6 Å². The van der Waals surface area contributed by atoms with E-state index in [9.17, 15) is 19.8 Å². The molecule has 0 amide bonds. The quantitative estimate of drug-likeness (QED) is 0.510. The Labute approximate surface area is 143 Å². The van der Waals surface area contributed by atoms with E-state index in [-0.39, 0.29) is 28.3 Å². The number of phenolic OH excluding ortho intramolecular Hbond substituents is 2. The molecule has 7 heteroatoms. The van der Waals surface area contributed by atoms with Gasteiger partial charge in [0, 0.05) is 23.6 Å². The summed E-state index contributed by atoms with van der Waals surface area (Å²) in [6.07, 6.45) is 1.08. The molecule has 0 unspecified atom stereocenters. The minimum Gasteiger partial charge on any atom is -0.504 e. The van der Waals surface area contributed by atoms with E-state index in [1.165, 1.54) is 12.1 Å². The molecule has 5 N–H and O–H groups in total. The number of aromatic amines is 2. The van der Waals surface area contributed by atoms with Crippen molar-refractivity contribution in [2.24, 2.45) is 5.41 Å². The van der Waals surface area contributed by atoms with Crippen molar-refractivity contribution >= 4 is 11.6 Å². The number of Topliss-reactive ketones (excluding diaryl/α,β-unsaturated/α-hetero) is 1. The lowest BCUT2D eigenvalue weighted by Gasteiger charge is -2.37. The van der Waals surface area contributed by atoms with Gasteiger partial charge < -0.3 is 15.5 Å². The molecule has 1 aliphatic heterocycles. The van der Waals surface area contributed by atoms with E-state index in [1.807, 2.05) is 13.8 Å². The van der Waals surface area contributed by atoms with Crippen LogP contribution in [0.1, 0.15) is 43.7 Å². The molecule has 1 aromatic carbocycles. The number of benzene rings is 1. The number of allylic oxidation sites excluding steroid dienone is 2. The summed E-state index contributed by atoms with van der Waals surface area (Å²) >= 11 is 0. The molecule has 0 bridgehead atoms. The molecular formula is C18H19N3O4. The zero-order valence-electron chi connectivity index (χ0n) is 13.9. The molecule has 0 saturated heterocycles. The second-order valence-electron chi connectivity index (χ2n) is 7.51. The number of aromatic hydroxyl groups is 2.